The molecule has 2 heterocycles. The van der Waals surface area contributed by atoms with Crippen LogP contribution in [-0.2, 0) is 0 Å². The molecule has 2 unspecified atom stereocenters. The van der Waals surface area contributed by atoms with Crippen LogP contribution in [0.5, 0.6) is 0 Å². The monoisotopic (exact) mass is 348 g/mol. The predicted molar refractivity (Wildman–Crippen MR) is 109 cm³/mol. The summed E-state index contributed by atoms with van der Waals surface area (Å²) in [5.74, 6) is 0. The summed E-state index contributed by atoms with van der Waals surface area (Å²) in [5.41, 5.74) is 5.66. The van der Waals surface area contributed by atoms with Crippen molar-refractivity contribution in [2.45, 2.75) is 37.2 Å². The van der Waals surface area contributed by atoms with E-state index in [0.717, 1.165) is 0 Å². The molecule has 0 aromatic carbocycles. The SMILES string of the molecule is CC1=CC2=c3ccc4cccc-4cc3=C3C=C(C)SC3(C)C2(C)S1. The Morgan fingerprint density at radius 1 is 0.708 bits per heavy atom. The van der Waals surface area contributed by atoms with Gasteiger partial charge in [0.15, 0.2) is 0 Å². The highest BCUT2D eigenvalue weighted by Crippen LogP contribution is 2.63. The predicted octanol–water partition coefficient (Wildman–Crippen LogP) is 4.93. The maximum Gasteiger partial charge on any atom is 0.0618 e. The minimum absolute atomic E-state index is 0.0889. The van der Waals surface area contributed by atoms with E-state index in [2.05, 4.69) is 76.2 Å². The van der Waals surface area contributed by atoms with E-state index < -0.39 is 0 Å². The third-order valence-corrected chi connectivity index (χ3v) is 8.93. The van der Waals surface area contributed by atoms with Gasteiger partial charge in [-0.05, 0) is 88.4 Å². The topological polar surface area (TPSA) is 0 Å². The molecule has 5 aliphatic rings. The maximum absolute atomic E-state index is 2.44. The summed E-state index contributed by atoms with van der Waals surface area (Å²) < 4.78 is 0.183. The Kier molecular flexibility index (Phi) is 2.87. The van der Waals surface area contributed by atoms with Crippen LogP contribution in [0.4, 0.5) is 0 Å². The first kappa shape index (κ1) is 14.9. The summed E-state index contributed by atoms with van der Waals surface area (Å²) >= 11 is 4.09. The molecule has 24 heavy (non-hydrogen) atoms. The highest BCUT2D eigenvalue weighted by molar-refractivity contribution is 8.09. The van der Waals surface area contributed by atoms with Gasteiger partial charge in [0, 0.05) is 0 Å². The van der Waals surface area contributed by atoms with Crippen LogP contribution >= 0.6 is 23.5 Å². The third kappa shape index (κ3) is 1.69. The molecular formula is C22H20S2. The molecule has 0 saturated carbocycles. The van der Waals surface area contributed by atoms with Crippen molar-refractivity contribution in [3.05, 3.63) is 68.8 Å². The second kappa shape index (κ2) is 4.62. The minimum Gasteiger partial charge on any atom is -0.118 e. The van der Waals surface area contributed by atoms with Crippen LogP contribution in [0.25, 0.3) is 22.3 Å². The molecule has 0 bridgehead atoms. The van der Waals surface area contributed by atoms with Gasteiger partial charge >= 0.3 is 0 Å². The van der Waals surface area contributed by atoms with Crippen molar-refractivity contribution in [1.29, 1.82) is 0 Å². The molecule has 0 spiro atoms. The lowest BCUT2D eigenvalue weighted by Gasteiger charge is -2.44. The number of hydrogen-bond donors (Lipinski definition) is 0. The Morgan fingerprint density at radius 2 is 1.29 bits per heavy atom. The zero-order valence-corrected chi connectivity index (χ0v) is 16.1. The zero-order chi connectivity index (χ0) is 16.7. The van der Waals surface area contributed by atoms with Crippen LogP contribution in [0.15, 0.2) is 58.4 Å². The second-order valence-electron chi connectivity index (χ2n) is 7.35. The first-order valence-corrected chi connectivity index (χ1v) is 10.1. The number of thioether (sulfide) groups is 2. The quantitative estimate of drug-likeness (QED) is 0.662. The van der Waals surface area contributed by atoms with Crippen molar-refractivity contribution in [2.75, 3.05) is 0 Å². The van der Waals surface area contributed by atoms with Gasteiger partial charge in [0.2, 0.25) is 0 Å². The lowest BCUT2D eigenvalue weighted by molar-refractivity contribution is 0.689. The van der Waals surface area contributed by atoms with Crippen LogP contribution in [0.3, 0.4) is 0 Å². The van der Waals surface area contributed by atoms with E-state index in [9.17, 15) is 0 Å². The van der Waals surface area contributed by atoms with Crippen LogP contribution in [-0.4, -0.2) is 9.49 Å². The molecule has 0 radical (unpaired) electrons. The van der Waals surface area contributed by atoms with Gasteiger partial charge in [-0.1, -0.05) is 30.3 Å². The molecule has 0 nitrogen and oxygen atoms in total. The first-order chi connectivity index (χ1) is 11.4. The van der Waals surface area contributed by atoms with E-state index in [1.807, 2.05) is 23.5 Å². The van der Waals surface area contributed by atoms with Gasteiger partial charge in [-0.3, -0.25) is 0 Å². The molecule has 0 amide bonds. The van der Waals surface area contributed by atoms with E-state index >= 15 is 0 Å². The van der Waals surface area contributed by atoms with Gasteiger partial charge in [-0.15, -0.1) is 23.5 Å². The highest BCUT2D eigenvalue weighted by atomic mass is 32.2. The molecule has 0 saturated heterocycles. The Morgan fingerprint density at radius 3 is 1.96 bits per heavy atom. The molecule has 2 aliphatic heterocycles. The van der Waals surface area contributed by atoms with Crippen LogP contribution in [0.2, 0.25) is 0 Å². The molecule has 0 aromatic rings. The lowest BCUT2D eigenvalue weighted by atomic mass is 9.76. The zero-order valence-electron chi connectivity index (χ0n) is 14.4. The molecule has 5 rings (SSSR count). The molecule has 120 valence electrons. The summed E-state index contributed by atoms with van der Waals surface area (Å²) in [6, 6.07) is 13.6. The van der Waals surface area contributed by atoms with Crippen LogP contribution < -0.4 is 10.4 Å². The van der Waals surface area contributed by atoms with Gasteiger partial charge in [0.05, 0.1) is 9.49 Å². The standard InChI is InChI=1S/C22H20S2/c1-13-10-19-17-9-8-15-6-5-7-16(15)12-18(17)20-11-14(2)24-22(20,4)21(19,3)23-13/h5-12H,1-4H3. The highest BCUT2D eigenvalue weighted by Gasteiger charge is 2.56. The number of hydrogen-bond acceptors (Lipinski definition) is 2. The summed E-state index contributed by atoms with van der Waals surface area (Å²) in [6.45, 7) is 9.39. The average Bonchev–Trinajstić information content (AvgIpc) is 3.13. The summed E-state index contributed by atoms with van der Waals surface area (Å²) in [4.78, 5) is 2.85. The molecular weight excluding hydrogens is 328 g/mol. The van der Waals surface area contributed by atoms with Gasteiger partial charge in [-0.2, -0.15) is 0 Å². The number of fused-ring (bicyclic) bond motifs is 5. The molecule has 2 heteroatoms. The fraction of sp³-hybridized carbons (Fsp3) is 0.273. The smallest absolute Gasteiger partial charge is 0.0618 e. The lowest BCUT2D eigenvalue weighted by Crippen LogP contribution is -2.53. The van der Waals surface area contributed by atoms with E-state index in [-0.39, 0.29) is 9.49 Å². The van der Waals surface area contributed by atoms with Crippen molar-refractivity contribution < 1.29 is 0 Å². The fourth-order valence-electron chi connectivity index (χ4n) is 4.56. The summed E-state index contributed by atoms with van der Waals surface area (Å²) in [5, 5.41) is 2.83. The van der Waals surface area contributed by atoms with Gasteiger partial charge in [-0.25, -0.2) is 0 Å². The second-order valence-corrected chi connectivity index (χ2v) is 10.7. The normalized spacial score (nSPS) is 30.8. The van der Waals surface area contributed by atoms with Crippen LogP contribution in [0, 0.1) is 0 Å². The molecule has 3 aliphatic carbocycles. The largest absolute Gasteiger partial charge is 0.118 e. The fourth-order valence-corrected chi connectivity index (χ4v) is 7.62. The Bertz CT molecular complexity index is 1060. The first-order valence-electron chi connectivity index (χ1n) is 8.45. The van der Waals surface area contributed by atoms with Crippen molar-refractivity contribution in [3.8, 4) is 11.1 Å². The number of allylic oxidation sites excluding steroid dienone is 4. The molecule has 0 fully saturated rings. The molecule has 0 aromatic heterocycles. The molecule has 0 N–H and O–H groups in total. The average molecular weight is 349 g/mol. The van der Waals surface area contributed by atoms with E-state index in [1.165, 1.54) is 42.5 Å². The van der Waals surface area contributed by atoms with E-state index in [0.29, 0.717) is 0 Å². The van der Waals surface area contributed by atoms with Crippen molar-refractivity contribution in [3.63, 3.8) is 0 Å². The maximum atomic E-state index is 2.44. The van der Waals surface area contributed by atoms with E-state index in [4.69, 9.17) is 0 Å². The Balaban J connectivity index is 2.06. The van der Waals surface area contributed by atoms with Crippen molar-refractivity contribution in [2.24, 2.45) is 0 Å². The third-order valence-electron chi connectivity index (χ3n) is 5.85. The number of rotatable bonds is 0. The van der Waals surface area contributed by atoms with E-state index in [1.54, 1.807) is 0 Å². The summed E-state index contributed by atoms with van der Waals surface area (Å²) in [6.07, 6.45) is 4.85. The molecule has 2 atom stereocenters. The van der Waals surface area contributed by atoms with Crippen molar-refractivity contribution in [1.82, 2.24) is 0 Å². The van der Waals surface area contributed by atoms with Gasteiger partial charge < -0.3 is 0 Å². The van der Waals surface area contributed by atoms with Crippen LogP contribution in [0.1, 0.15) is 27.7 Å². The summed E-state index contributed by atoms with van der Waals surface area (Å²) in [7, 11) is 0. The minimum atomic E-state index is 0.0889. The Hall–Kier alpha value is -1.38. The van der Waals surface area contributed by atoms with Crippen molar-refractivity contribution >= 4 is 34.7 Å². The van der Waals surface area contributed by atoms with Gasteiger partial charge in [0.25, 0.3) is 0 Å². The Labute approximate surface area is 151 Å². The van der Waals surface area contributed by atoms with Gasteiger partial charge in [0.1, 0.15) is 0 Å².